The van der Waals surface area contributed by atoms with E-state index in [-0.39, 0.29) is 0 Å². The Morgan fingerprint density at radius 1 is 0.692 bits per heavy atom. The number of nitrogens with zero attached hydrogens (tertiary/aromatic N) is 2. The largest absolute Gasteiger partial charge is 0.520 e. The van der Waals surface area contributed by atoms with E-state index in [9.17, 15) is 0 Å². The average molecular weight is 511 g/mol. The first-order valence-electron chi connectivity index (χ1n) is 14.3. The third-order valence-corrected chi connectivity index (χ3v) is 8.80. The molecule has 0 saturated carbocycles. The van der Waals surface area contributed by atoms with Crippen LogP contribution in [0.25, 0.3) is 5.57 Å². The van der Waals surface area contributed by atoms with Gasteiger partial charge >= 0.3 is 6.42 Å². The van der Waals surface area contributed by atoms with Crippen molar-refractivity contribution in [3.05, 3.63) is 110 Å². The summed E-state index contributed by atoms with van der Waals surface area (Å²) in [6.07, 6.45) is 0.133. The van der Waals surface area contributed by atoms with Crippen LogP contribution in [-0.2, 0) is 6.42 Å². The zero-order valence-electron chi connectivity index (χ0n) is 25.0. The molecule has 2 aliphatic rings. The van der Waals surface area contributed by atoms with E-state index in [2.05, 4.69) is 143 Å². The Kier molecular flexibility index (Phi) is 6.82. The van der Waals surface area contributed by atoms with Crippen molar-refractivity contribution in [2.75, 3.05) is 0 Å². The summed E-state index contributed by atoms with van der Waals surface area (Å²) in [4.78, 5) is 0. The number of hydrogen-bond donors (Lipinski definition) is 0. The molecule has 5 rings (SSSR count). The molecule has 2 nitrogen and oxygen atoms in total. The molecule has 0 radical (unpaired) electrons. The predicted molar refractivity (Wildman–Crippen MR) is 167 cm³/mol. The van der Waals surface area contributed by atoms with Crippen molar-refractivity contribution < 1.29 is 4.49 Å². The highest BCUT2D eigenvalue weighted by molar-refractivity contribution is 6.87. The second kappa shape index (κ2) is 9.98. The Labute approximate surface area is 235 Å². The van der Waals surface area contributed by atoms with Crippen molar-refractivity contribution in [3.8, 4) is 23.5 Å². The Balaban J connectivity index is 1.93. The standard InChI is InChI=1S/C36H39BN2/c1-10-33-26(5)35-28(7)36-27(6)34(11-2)30(9)39(36)37(38(35)29(33)8,22-20-31-16-12-24(3)13-17-31)23-21-32-18-14-25(4)15-19-32/h12-19H,10-11H2,1-9H3. The fraction of sp³-hybridized carbons (Fsp3) is 0.306. The summed E-state index contributed by atoms with van der Waals surface area (Å²) in [6.45, 7) is 20.1. The number of aromatic nitrogens is 1. The summed E-state index contributed by atoms with van der Waals surface area (Å²) < 4.78 is 5.01. The van der Waals surface area contributed by atoms with E-state index in [1.54, 1.807) is 0 Å². The Morgan fingerprint density at radius 2 is 1.21 bits per heavy atom. The molecular formula is C36H39BN2. The van der Waals surface area contributed by atoms with Gasteiger partial charge in [0.05, 0.1) is 0 Å². The molecule has 0 aliphatic carbocycles. The van der Waals surface area contributed by atoms with Crippen LogP contribution in [-0.4, -0.2) is 21.1 Å². The number of aryl methyl sites for hydroxylation is 2. The Bertz CT molecular complexity index is 1650. The van der Waals surface area contributed by atoms with E-state index in [0.29, 0.717) is 0 Å². The zero-order chi connectivity index (χ0) is 28.1. The van der Waals surface area contributed by atoms with E-state index in [1.807, 2.05) is 0 Å². The molecule has 0 atom stereocenters. The van der Waals surface area contributed by atoms with Crippen LogP contribution in [0.2, 0.25) is 0 Å². The van der Waals surface area contributed by atoms with Crippen LogP contribution in [0.3, 0.4) is 0 Å². The molecule has 39 heavy (non-hydrogen) atoms. The van der Waals surface area contributed by atoms with Gasteiger partial charge in [0.25, 0.3) is 0 Å². The van der Waals surface area contributed by atoms with Crippen molar-refractivity contribution in [1.29, 1.82) is 0 Å². The number of allylic oxidation sites excluding steroid dienone is 3. The highest BCUT2D eigenvalue weighted by Gasteiger charge is 2.51. The summed E-state index contributed by atoms with van der Waals surface area (Å²) in [5.74, 6) is 14.9. The third-order valence-electron chi connectivity index (χ3n) is 8.80. The van der Waals surface area contributed by atoms with Crippen molar-refractivity contribution >= 4 is 17.7 Å². The molecule has 2 aromatic carbocycles. The summed E-state index contributed by atoms with van der Waals surface area (Å²) in [6, 6.07) is 17.0. The first-order valence-corrected chi connectivity index (χ1v) is 14.3. The average Bonchev–Trinajstić information content (AvgIpc) is 3.34. The number of benzene rings is 2. The highest BCUT2D eigenvalue weighted by atomic mass is 15.2. The van der Waals surface area contributed by atoms with Crippen LogP contribution in [0.5, 0.6) is 0 Å². The van der Waals surface area contributed by atoms with Crippen LogP contribution >= 0.6 is 0 Å². The summed E-state index contributed by atoms with van der Waals surface area (Å²) in [7, 11) is 0. The summed E-state index contributed by atoms with van der Waals surface area (Å²) in [5, 5.41) is 0. The molecule has 3 aromatic rings. The van der Waals surface area contributed by atoms with Crippen molar-refractivity contribution in [1.82, 2.24) is 4.48 Å². The lowest BCUT2D eigenvalue weighted by atomic mass is 9.45. The fourth-order valence-electron chi connectivity index (χ4n) is 6.88. The molecule has 196 valence electrons. The van der Waals surface area contributed by atoms with Crippen LogP contribution in [0, 0.1) is 51.2 Å². The van der Waals surface area contributed by atoms with Gasteiger partial charge in [-0.2, -0.15) is 11.6 Å². The molecule has 0 amide bonds. The van der Waals surface area contributed by atoms with E-state index in [4.69, 9.17) is 0 Å². The first kappa shape index (κ1) is 26.7. The molecule has 0 saturated heterocycles. The SMILES string of the molecule is CCC1=C(C)C2=C(C)c3c(C)c(CC)c(C)n3[B-](C#Cc3ccc(C)cc3)(C#Cc3ccc(C)cc3)[N+]2=C1C. The van der Waals surface area contributed by atoms with Gasteiger partial charge in [-0.15, -0.1) is 11.8 Å². The topological polar surface area (TPSA) is 7.94 Å². The maximum Gasteiger partial charge on any atom is 0.520 e. The molecule has 3 heteroatoms. The quantitative estimate of drug-likeness (QED) is 0.246. The number of rotatable bonds is 2. The van der Waals surface area contributed by atoms with Crippen LogP contribution in [0.4, 0.5) is 0 Å². The minimum atomic E-state index is -1.84. The zero-order valence-corrected chi connectivity index (χ0v) is 25.0. The van der Waals surface area contributed by atoms with Gasteiger partial charge < -0.3 is 8.96 Å². The van der Waals surface area contributed by atoms with Gasteiger partial charge in [-0.1, -0.05) is 49.2 Å². The lowest BCUT2D eigenvalue weighted by Crippen LogP contribution is -2.57. The van der Waals surface area contributed by atoms with Crippen molar-refractivity contribution in [3.63, 3.8) is 0 Å². The maximum absolute atomic E-state index is 3.85. The van der Waals surface area contributed by atoms with Gasteiger partial charge in [-0.3, -0.25) is 0 Å². The van der Waals surface area contributed by atoms with E-state index >= 15 is 0 Å². The van der Waals surface area contributed by atoms with E-state index in [0.717, 1.165) is 24.0 Å². The predicted octanol–water partition coefficient (Wildman–Crippen LogP) is 7.71. The second-order valence-electron chi connectivity index (χ2n) is 11.2. The molecular weight excluding hydrogens is 471 g/mol. The number of fused-ring (bicyclic) bond motifs is 2. The van der Waals surface area contributed by atoms with Gasteiger partial charge in [-0.05, 0) is 95.5 Å². The molecule has 0 N–H and O–H groups in total. The molecule has 3 heterocycles. The molecule has 0 bridgehead atoms. The van der Waals surface area contributed by atoms with Gasteiger partial charge in [-0.25, -0.2) is 0 Å². The first-order chi connectivity index (χ1) is 18.6. The smallest absolute Gasteiger partial charge is 0.435 e. The summed E-state index contributed by atoms with van der Waals surface area (Å²) in [5.41, 5.74) is 16.5. The molecule has 0 spiro atoms. The van der Waals surface area contributed by atoms with Crippen molar-refractivity contribution in [2.24, 2.45) is 0 Å². The maximum atomic E-state index is 3.85. The highest BCUT2D eigenvalue weighted by Crippen LogP contribution is 2.43. The van der Waals surface area contributed by atoms with E-state index < -0.39 is 6.42 Å². The Morgan fingerprint density at radius 3 is 1.67 bits per heavy atom. The Hall–Kier alpha value is -3.95. The minimum absolute atomic E-state index is 0.987. The molecule has 1 aromatic heterocycles. The lowest BCUT2D eigenvalue weighted by molar-refractivity contribution is -0.330. The van der Waals surface area contributed by atoms with Crippen LogP contribution in [0.15, 0.2) is 65.4 Å². The third kappa shape index (κ3) is 4.13. The van der Waals surface area contributed by atoms with Gasteiger partial charge in [0, 0.05) is 40.5 Å². The normalized spacial score (nSPS) is 15.5. The fourth-order valence-corrected chi connectivity index (χ4v) is 6.88. The summed E-state index contributed by atoms with van der Waals surface area (Å²) >= 11 is 0. The van der Waals surface area contributed by atoms with Crippen molar-refractivity contribution in [2.45, 2.75) is 75.2 Å². The van der Waals surface area contributed by atoms with Crippen LogP contribution in [0.1, 0.15) is 85.8 Å². The molecule has 2 aliphatic heterocycles. The van der Waals surface area contributed by atoms with Gasteiger partial charge in [0.15, 0.2) is 5.70 Å². The van der Waals surface area contributed by atoms with Gasteiger partial charge in [0.1, 0.15) is 5.71 Å². The van der Waals surface area contributed by atoms with E-state index in [1.165, 1.54) is 61.8 Å². The minimum Gasteiger partial charge on any atom is -0.435 e. The van der Waals surface area contributed by atoms with Gasteiger partial charge in [0.2, 0.25) is 0 Å². The monoisotopic (exact) mass is 510 g/mol. The lowest BCUT2D eigenvalue weighted by Gasteiger charge is -2.38. The molecule has 0 fully saturated rings. The second-order valence-corrected chi connectivity index (χ2v) is 11.2. The van der Waals surface area contributed by atoms with Crippen LogP contribution < -0.4 is 0 Å². The number of hydrogen-bond acceptors (Lipinski definition) is 0. The molecule has 0 unspecified atom stereocenters.